The number of aryl methyl sites for hydroxylation is 1. The minimum Gasteiger partial charge on any atom is -0.0622 e. The predicted molar refractivity (Wildman–Crippen MR) is 120 cm³/mol. The highest BCUT2D eigenvalue weighted by Crippen LogP contribution is 2.44. The fraction of sp³-hybridized carbons (Fsp3) is 0.0357. The van der Waals surface area contributed by atoms with Crippen LogP contribution < -0.4 is 0 Å². The molecule has 0 fully saturated rings. The summed E-state index contributed by atoms with van der Waals surface area (Å²) in [4.78, 5) is 0. The molecular formula is C28H21. The summed E-state index contributed by atoms with van der Waals surface area (Å²) in [6.45, 7) is 2.20. The van der Waals surface area contributed by atoms with Gasteiger partial charge in [0.1, 0.15) is 0 Å². The van der Waals surface area contributed by atoms with Gasteiger partial charge in [0.15, 0.2) is 0 Å². The van der Waals surface area contributed by atoms with Crippen molar-refractivity contribution in [2.45, 2.75) is 6.92 Å². The molecule has 0 unspecified atom stereocenters. The molecule has 0 spiro atoms. The molecule has 0 aliphatic heterocycles. The molecular weight excluding hydrogens is 336 g/mol. The Labute approximate surface area is 166 Å². The van der Waals surface area contributed by atoms with Gasteiger partial charge in [-0.3, -0.25) is 0 Å². The van der Waals surface area contributed by atoms with E-state index >= 15 is 0 Å². The van der Waals surface area contributed by atoms with Gasteiger partial charge in [0.25, 0.3) is 0 Å². The van der Waals surface area contributed by atoms with Crippen molar-refractivity contribution in [1.29, 1.82) is 0 Å². The maximum atomic E-state index is 2.35. The van der Waals surface area contributed by atoms with Gasteiger partial charge in [-0.05, 0) is 63.1 Å². The second-order valence-corrected chi connectivity index (χ2v) is 7.28. The summed E-state index contributed by atoms with van der Waals surface area (Å²) in [7, 11) is 0. The summed E-state index contributed by atoms with van der Waals surface area (Å²) in [5.41, 5.74) is 11.6. The van der Waals surface area contributed by atoms with Crippen LogP contribution in [0.3, 0.4) is 0 Å². The van der Waals surface area contributed by atoms with Gasteiger partial charge < -0.3 is 0 Å². The Morgan fingerprint density at radius 3 is 1.89 bits per heavy atom. The molecule has 1 aliphatic carbocycles. The Balaban J connectivity index is 1.77. The first kappa shape index (κ1) is 16.8. The Hall–Kier alpha value is -3.38. The molecule has 0 N–H and O–H groups in total. The van der Waals surface area contributed by atoms with Gasteiger partial charge in [0.05, 0.1) is 0 Å². The van der Waals surface area contributed by atoms with E-state index in [9.17, 15) is 0 Å². The van der Waals surface area contributed by atoms with E-state index in [-0.39, 0.29) is 0 Å². The molecule has 0 heterocycles. The van der Waals surface area contributed by atoms with Crippen molar-refractivity contribution in [3.05, 3.63) is 126 Å². The molecule has 0 heteroatoms. The van der Waals surface area contributed by atoms with Crippen LogP contribution in [0.1, 0.15) is 22.3 Å². The van der Waals surface area contributed by atoms with Crippen LogP contribution in [0.4, 0.5) is 0 Å². The van der Waals surface area contributed by atoms with Crippen molar-refractivity contribution in [2.75, 3.05) is 0 Å². The van der Waals surface area contributed by atoms with Crippen molar-refractivity contribution in [2.24, 2.45) is 0 Å². The first-order valence-electron chi connectivity index (χ1n) is 9.71. The van der Waals surface area contributed by atoms with Crippen molar-refractivity contribution < 1.29 is 0 Å². The van der Waals surface area contributed by atoms with E-state index in [1.54, 1.807) is 0 Å². The lowest BCUT2D eigenvalue weighted by Crippen LogP contribution is -1.93. The van der Waals surface area contributed by atoms with E-state index in [1.165, 1.54) is 50.1 Å². The normalized spacial score (nSPS) is 12.5. The highest BCUT2D eigenvalue weighted by molar-refractivity contribution is 6.02. The summed E-state index contributed by atoms with van der Waals surface area (Å²) in [5, 5.41) is 0. The average Bonchev–Trinajstić information content (AvgIpc) is 3.19. The lowest BCUT2D eigenvalue weighted by atomic mass is 9.87. The number of allylic oxidation sites excluding steroid dienone is 1. The minimum atomic E-state index is 1.25. The van der Waals surface area contributed by atoms with E-state index in [2.05, 4.69) is 116 Å². The third-order valence-corrected chi connectivity index (χ3v) is 5.50. The topological polar surface area (TPSA) is 0 Å². The molecule has 0 nitrogen and oxygen atoms in total. The Morgan fingerprint density at radius 1 is 0.536 bits per heavy atom. The van der Waals surface area contributed by atoms with Gasteiger partial charge in [-0.2, -0.15) is 0 Å². The van der Waals surface area contributed by atoms with Crippen molar-refractivity contribution in [3.63, 3.8) is 0 Å². The monoisotopic (exact) mass is 357 g/mol. The van der Waals surface area contributed by atoms with Crippen molar-refractivity contribution in [1.82, 2.24) is 0 Å². The molecule has 0 saturated carbocycles. The lowest BCUT2D eigenvalue weighted by Gasteiger charge is -2.16. The van der Waals surface area contributed by atoms with Crippen LogP contribution in [-0.2, 0) is 0 Å². The molecule has 0 aromatic heterocycles. The first-order valence-corrected chi connectivity index (χ1v) is 9.71. The maximum absolute atomic E-state index is 2.35. The second kappa shape index (κ2) is 6.98. The summed E-state index contributed by atoms with van der Waals surface area (Å²) in [6.07, 6.45) is 4.65. The zero-order valence-electron chi connectivity index (χ0n) is 15.9. The number of rotatable bonds is 3. The predicted octanol–water partition coefficient (Wildman–Crippen LogP) is 7.44. The van der Waals surface area contributed by atoms with E-state index in [4.69, 9.17) is 0 Å². The molecule has 28 heavy (non-hydrogen) atoms. The van der Waals surface area contributed by atoms with Crippen LogP contribution in [0.15, 0.2) is 97.1 Å². The molecule has 0 bridgehead atoms. The van der Waals surface area contributed by atoms with Crippen LogP contribution in [0.25, 0.3) is 33.9 Å². The standard InChI is InChI=1S/C28H21/c1-20-10-8-9-15-25(20)28-26(22-13-6-3-7-14-22)17-16-23-18-24(19-27(23)28)21-11-4-2-5-12-21/h2-19H,1H3. The molecule has 5 rings (SSSR count). The van der Waals surface area contributed by atoms with Crippen LogP contribution in [-0.4, -0.2) is 0 Å². The highest BCUT2D eigenvalue weighted by atomic mass is 14.2. The smallest absolute Gasteiger partial charge is 0.0211 e. The number of hydrogen-bond donors (Lipinski definition) is 0. The molecule has 0 atom stereocenters. The van der Waals surface area contributed by atoms with Crippen LogP contribution >= 0.6 is 0 Å². The zero-order valence-corrected chi connectivity index (χ0v) is 15.9. The molecule has 133 valence electrons. The van der Waals surface area contributed by atoms with Gasteiger partial charge >= 0.3 is 0 Å². The van der Waals surface area contributed by atoms with Gasteiger partial charge in [-0.1, -0.05) is 97.1 Å². The highest BCUT2D eigenvalue weighted by Gasteiger charge is 2.22. The minimum absolute atomic E-state index is 1.25. The fourth-order valence-corrected chi connectivity index (χ4v) is 4.08. The Bertz CT molecular complexity index is 1170. The number of fused-ring (bicyclic) bond motifs is 1. The van der Waals surface area contributed by atoms with E-state index in [0.717, 1.165) is 0 Å². The summed E-state index contributed by atoms with van der Waals surface area (Å²) >= 11 is 0. The van der Waals surface area contributed by atoms with Gasteiger partial charge in [0.2, 0.25) is 0 Å². The summed E-state index contributed by atoms with van der Waals surface area (Å²) in [6, 6.07) is 34.5. The SMILES string of the molecule is Cc1ccccc1-c1c(-c2ccccc2)ccc2c1C=C(c1ccccc1)[CH]2. The first-order chi connectivity index (χ1) is 13.8. The average molecular weight is 357 g/mol. The number of benzene rings is 4. The van der Waals surface area contributed by atoms with Crippen molar-refractivity contribution >= 4 is 11.6 Å². The van der Waals surface area contributed by atoms with E-state index < -0.39 is 0 Å². The van der Waals surface area contributed by atoms with Gasteiger partial charge in [-0.15, -0.1) is 0 Å². The van der Waals surface area contributed by atoms with Gasteiger partial charge in [0, 0.05) is 6.42 Å². The molecule has 4 aromatic rings. The molecule has 1 radical (unpaired) electrons. The number of hydrogen-bond acceptors (Lipinski definition) is 0. The molecule has 4 aromatic carbocycles. The van der Waals surface area contributed by atoms with Crippen LogP contribution in [0.2, 0.25) is 0 Å². The van der Waals surface area contributed by atoms with Crippen LogP contribution in [0.5, 0.6) is 0 Å². The fourth-order valence-electron chi connectivity index (χ4n) is 4.08. The molecule has 0 amide bonds. The largest absolute Gasteiger partial charge is 0.0622 e. The third kappa shape index (κ3) is 2.88. The van der Waals surface area contributed by atoms with E-state index in [0.29, 0.717) is 0 Å². The van der Waals surface area contributed by atoms with Crippen LogP contribution in [0, 0.1) is 13.3 Å². The zero-order chi connectivity index (χ0) is 18.9. The Kier molecular flexibility index (Phi) is 4.18. The summed E-state index contributed by atoms with van der Waals surface area (Å²) in [5.74, 6) is 0. The van der Waals surface area contributed by atoms with Gasteiger partial charge in [-0.25, -0.2) is 0 Å². The second-order valence-electron chi connectivity index (χ2n) is 7.28. The van der Waals surface area contributed by atoms with Crippen molar-refractivity contribution in [3.8, 4) is 22.3 Å². The van der Waals surface area contributed by atoms with E-state index in [1.807, 2.05) is 0 Å². The Morgan fingerprint density at radius 2 is 1.18 bits per heavy atom. The third-order valence-electron chi connectivity index (χ3n) is 5.50. The quantitative estimate of drug-likeness (QED) is 0.357. The lowest BCUT2D eigenvalue weighted by molar-refractivity contribution is 1.44. The summed E-state index contributed by atoms with van der Waals surface area (Å²) < 4.78 is 0. The molecule has 0 saturated heterocycles. The maximum Gasteiger partial charge on any atom is 0.0211 e. The molecule has 1 aliphatic rings.